The number of carbonyl (C=O) groups is 2. The third-order valence-corrected chi connectivity index (χ3v) is 4.29. The molecule has 0 saturated heterocycles. The highest BCUT2D eigenvalue weighted by molar-refractivity contribution is 7.12. The van der Waals surface area contributed by atoms with Crippen molar-refractivity contribution >= 4 is 23.2 Å². The minimum absolute atomic E-state index is 0.0595. The second kappa shape index (κ2) is 4.14. The van der Waals surface area contributed by atoms with Crippen molar-refractivity contribution in [3.63, 3.8) is 0 Å². The normalized spacial score (nSPS) is 18.5. The molecule has 1 saturated carbocycles. The van der Waals surface area contributed by atoms with Crippen LogP contribution in [0.2, 0.25) is 0 Å². The summed E-state index contributed by atoms with van der Waals surface area (Å²) in [6, 6.07) is 1.86. The van der Waals surface area contributed by atoms with E-state index in [-0.39, 0.29) is 11.8 Å². The first-order valence-corrected chi connectivity index (χ1v) is 6.43. The molecular formula is C12H15NO3S. The quantitative estimate of drug-likeness (QED) is 0.863. The van der Waals surface area contributed by atoms with Crippen molar-refractivity contribution < 1.29 is 14.7 Å². The Morgan fingerprint density at radius 1 is 1.53 bits per heavy atom. The number of amides is 1. The van der Waals surface area contributed by atoms with Gasteiger partial charge in [-0.25, -0.2) is 4.79 Å². The molecule has 0 spiro atoms. The first kappa shape index (κ1) is 12.1. The molecule has 17 heavy (non-hydrogen) atoms. The van der Waals surface area contributed by atoms with E-state index in [1.165, 1.54) is 11.3 Å². The molecule has 1 unspecified atom stereocenters. The number of hydrogen-bond acceptors (Lipinski definition) is 3. The van der Waals surface area contributed by atoms with Crippen molar-refractivity contribution in [2.24, 2.45) is 5.92 Å². The highest BCUT2D eigenvalue weighted by Gasteiger charge is 2.48. The highest BCUT2D eigenvalue weighted by Crippen LogP contribution is 2.40. The maximum atomic E-state index is 12.0. The van der Waals surface area contributed by atoms with Crippen LogP contribution in [0.3, 0.4) is 0 Å². The minimum atomic E-state index is -1.13. The molecule has 4 nitrogen and oxygen atoms in total. The van der Waals surface area contributed by atoms with Crippen molar-refractivity contribution in [1.29, 1.82) is 0 Å². The SMILES string of the molecule is Cc1ccsc1C(=O)NC(C)(C(=O)O)C1CC1. The monoisotopic (exact) mass is 253 g/mol. The lowest BCUT2D eigenvalue weighted by Gasteiger charge is -2.25. The minimum Gasteiger partial charge on any atom is -0.480 e. The molecule has 1 aliphatic rings. The van der Waals surface area contributed by atoms with Gasteiger partial charge in [0.25, 0.3) is 5.91 Å². The van der Waals surface area contributed by atoms with E-state index >= 15 is 0 Å². The molecule has 1 aromatic heterocycles. The number of hydrogen-bond donors (Lipinski definition) is 2. The Labute approximate surface area is 104 Å². The zero-order valence-electron chi connectivity index (χ0n) is 9.82. The van der Waals surface area contributed by atoms with Crippen LogP contribution in [0, 0.1) is 12.8 Å². The van der Waals surface area contributed by atoms with Gasteiger partial charge in [-0.2, -0.15) is 0 Å². The summed E-state index contributed by atoms with van der Waals surface area (Å²) in [5, 5.41) is 13.8. The number of thiophene rings is 1. The van der Waals surface area contributed by atoms with E-state index in [1.54, 1.807) is 6.92 Å². The third kappa shape index (κ3) is 2.20. The molecule has 1 heterocycles. The number of nitrogens with one attached hydrogen (secondary N) is 1. The van der Waals surface area contributed by atoms with Crippen LogP contribution < -0.4 is 5.32 Å². The Morgan fingerprint density at radius 2 is 2.18 bits per heavy atom. The summed E-state index contributed by atoms with van der Waals surface area (Å²) < 4.78 is 0. The van der Waals surface area contributed by atoms with Crippen molar-refractivity contribution in [2.45, 2.75) is 32.2 Å². The largest absolute Gasteiger partial charge is 0.480 e. The number of aryl methyl sites for hydroxylation is 1. The summed E-state index contributed by atoms with van der Waals surface area (Å²) in [5.74, 6) is -1.18. The van der Waals surface area contributed by atoms with Crippen molar-refractivity contribution in [1.82, 2.24) is 5.32 Å². The molecule has 1 amide bonds. The molecule has 1 fully saturated rings. The van der Waals surface area contributed by atoms with Crippen LogP contribution in [-0.4, -0.2) is 22.5 Å². The predicted octanol–water partition coefficient (Wildman–Crippen LogP) is 2.04. The first-order valence-electron chi connectivity index (χ1n) is 5.55. The Hall–Kier alpha value is -1.36. The average Bonchev–Trinajstić information content (AvgIpc) is 3.01. The van der Waals surface area contributed by atoms with Gasteiger partial charge in [0.1, 0.15) is 5.54 Å². The molecule has 5 heteroatoms. The van der Waals surface area contributed by atoms with Crippen LogP contribution in [0.5, 0.6) is 0 Å². The van der Waals surface area contributed by atoms with Crippen molar-refractivity contribution in [3.05, 3.63) is 21.9 Å². The van der Waals surface area contributed by atoms with Gasteiger partial charge in [-0.3, -0.25) is 4.79 Å². The molecule has 1 aliphatic carbocycles. The zero-order chi connectivity index (χ0) is 12.6. The van der Waals surface area contributed by atoms with Crippen molar-refractivity contribution in [3.8, 4) is 0 Å². The summed E-state index contributed by atoms with van der Waals surface area (Å²) in [4.78, 5) is 23.9. The van der Waals surface area contributed by atoms with Gasteiger partial charge in [-0.1, -0.05) is 0 Å². The Morgan fingerprint density at radius 3 is 2.59 bits per heavy atom. The van der Waals surface area contributed by atoms with Gasteiger partial charge in [0, 0.05) is 0 Å². The fourth-order valence-corrected chi connectivity index (χ4v) is 2.71. The predicted molar refractivity (Wildman–Crippen MR) is 65.3 cm³/mol. The standard InChI is InChI=1S/C12H15NO3S/c1-7-5-6-17-9(7)10(14)13-12(2,11(15)16)8-3-4-8/h5-6,8H,3-4H2,1-2H3,(H,13,14)(H,15,16). The third-order valence-electron chi connectivity index (χ3n) is 3.28. The fourth-order valence-electron chi connectivity index (χ4n) is 1.89. The second-order valence-corrected chi connectivity index (χ2v) is 5.58. The van der Waals surface area contributed by atoms with Gasteiger partial charge >= 0.3 is 5.97 Å². The molecule has 92 valence electrons. The van der Waals surface area contributed by atoms with Gasteiger partial charge in [-0.05, 0) is 49.6 Å². The Bertz CT molecular complexity index is 464. The molecule has 0 aromatic carbocycles. The smallest absolute Gasteiger partial charge is 0.329 e. The summed E-state index contributed by atoms with van der Waals surface area (Å²) in [7, 11) is 0. The van der Waals surface area contributed by atoms with Crippen LogP contribution in [-0.2, 0) is 4.79 Å². The van der Waals surface area contributed by atoms with E-state index in [9.17, 15) is 14.7 Å². The molecular weight excluding hydrogens is 238 g/mol. The number of aliphatic carboxylic acids is 1. The maximum Gasteiger partial charge on any atom is 0.329 e. The van der Waals surface area contributed by atoms with E-state index in [1.807, 2.05) is 18.4 Å². The van der Waals surface area contributed by atoms with Gasteiger partial charge in [-0.15, -0.1) is 11.3 Å². The van der Waals surface area contributed by atoms with E-state index < -0.39 is 11.5 Å². The van der Waals surface area contributed by atoms with Crippen LogP contribution in [0.25, 0.3) is 0 Å². The lowest BCUT2D eigenvalue weighted by Crippen LogP contribution is -2.53. The lowest BCUT2D eigenvalue weighted by molar-refractivity contribution is -0.144. The van der Waals surface area contributed by atoms with Crippen molar-refractivity contribution in [2.75, 3.05) is 0 Å². The number of rotatable bonds is 4. The van der Waals surface area contributed by atoms with Crippen LogP contribution >= 0.6 is 11.3 Å². The van der Waals surface area contributed by atoms with Gasteiger partial charge in [0.05, 0.1) is 4.88 Å². The summed E-state index contributed by atoms with van der Waals surface area (Å²) in [6.45, 7) is 3.44. The second-order valence-electron chi connectivity index (χ2n) is 4.67. The van der Waals surface area contributed by atoms with Gasteiger partial charge in [0.2, 0.25) is 0 Å². The number of carboxylic acid groups (broad SMARTS) is 1. The van der Waals surface area contributed by atoms with E-state index in [0.29, 0.717) is 4.88 Å². The summed E-state index contributed by atoms with van der Waals surface area (Å²) in [5.41, 5.74) is -0.246. The molecule has 1 aromatic rings. The fraction of sp³-hybridized carbons (Fsp3) is 0.500. The molecule has 1 atom stereocenters. The average molecular weight is 253 g/mol. The number of carboxylic acids is 1. The zero-order valence-corrected chi connectivity index (χ0v) is 10.6. The molecule has 2 N–H and O–H groups in total. The van der Waals surface area contributed by atoms with Crippen LogP contribution in [0.4, 0.5) is 0 Å². The van der Waals surface area contributed by atoms with Crippen LogP contribution in [0.1, 0.15) is 35.0 Å². The van der Waals surface area contributed by atoms with Gasteiger partial charge in [0.15, 0.2) is 0 Å². The van der Waals surface area contributed by atoms with E-state index in [4.69, 9.17) is 0 Å². The van der Waals surface area contributed by atoms with E-state index in [2.05, 4.69) is 5.32 Å². The molecule has 0 aliphatic heterocycles. The van der Waals surface area contributed by atoms with E-state index in [0.717, 1.165) is 18.4 Å². The summed E-state index contributed by atoms with van der Waals surface area (Å²) >= 11 is 1.34. The Kier molecular flexibility index (Phi) is 2.95. The lowest BCUT2D eigenvalue weighted by atomic mass is 9.96. The topological polar surface area (TPSA) is 66.4 Å². The highest BCUT2D eigenvalue weighted by atomic mass is 32.1. The maximum absolute atomic E-state index is 12.0. The van der Waals surface area contributed by atoms with Gasteiger partial charge < -0.3 is 10.4 Å². The Balaban J connectivity index is 2.17. The molecule has 2 rings (SSSR count). The summed E-state index contributed by atoms with van der Waals surface area (Å²) in [6.07, 6.45) is 1.74. The molecule has 0 bridgehead atoms. The molecule has 0 radical (unpaired) electrons. The number of carbonyl (C=O) groups excluding carboxylic acids is 1. The van der Waals surface area contributed by atoms with Crippen LogP contribution in [0.15, 0.2) is 11.4 Å². The first-order chi connectivity index (χ1) is 7.95.